The first-order chi connectivity index (χ1) is 13.0. The average molecular weight is 363 g/mol. The van der Waals surface area contributed by atoms with Crippen molar-refractivity contribution in [2.45, 2.75) is 26.7 Å². The van der Waals surface area contributed by atoms with Crippen LogP contribution in [0.15, 0.2) is 42.6 Å². The Morgan fingerprint density at radius 1 is 1.11 bits per heavy atom. The molecule has 0 unspecified atom stereocenters. The summed E-state index contributed by atoms with van der Waals surface area (Å²) < 4.78 is 1.91. The fourth-order valence-corrected chi connectivity index (χ4v) is 4.14. The highest BCUT2D eigenvalue weighted by Gasteiger charge is 2.47. The molecule has 0 N–H and O–H groups in total. The summed E-state index contributed by atoms with van der Waals surface area (Å²) in [5.41, 5.74) is 2.16. The van der Waals surface area contributed by atoms with Crippen molar-refractivity contribution in [3.8, 4) is 5.82 Å². The summed E-state index contributed by atoms with van der Waals surface area (Å²) in [6.45, 7) is 3.56. The smallest absolute Gasteiger partial charge is 0.233 e. The van der Waals surface area contributed by atoms with Gasteiger partial charge in [-0.15, -0.1) is 0 Å². The Balaban J connectivity index is 1.60. The zero-order chi connectivity index (χ0) is 19.1. The van der Waals surface area contributed by atoms with E-state index in [9.17, 15) is 14.4 Å². The van der Waals surface area contributed by atoms with E-state index in [1.807, 2.05) is 48.8 Å². The van der Waals surface area contributed by atoms with Crippen LogP contribution in [0.25, 0.3) is 5.82 Å². The molecule has 0 radical (unpaired) electrons. The number of pyridine rings is 1. The lowest BCUT2D eigenvalue weighted by molar-refractivity contribution is -0.139. The fourth-order valence-electron chi connectivity index (χ4n) is 4.14. The van der Waals surface area contributed by atoms with Gasteiger partial charge in [0.1, 0.15) is 5.82 Å². The Morgan fingerprint density at radius 2 is 1.78 bits per heavy atom. The Morgan fingerprint density at radius 3 is 2.37 bits per heavy atom. The van der Waals surface area contributed by atoms with E-state index < -0.39 is 0 Å². The molecule has 138 valence electrons. The molecule has 6 heteroatoms. The highest BCUT2D eigenvalue weighted by molar-refractivity contribution is 6.10. The van der Waals surface area contributed by atoms with Crippen molar-refractivity contribution in [3.05, 3.63) is 59.6 Å². The number of allylic oxidation sites excluding steroid dienone is 2. The second kappa shape index (κ2) is 6.61. The first-order valence-corrected chi connectivity index (χ1v) is 9.13. The predicted octanol–water partition coefficient (Wildman–Crippen LogP) is 2.62. The maximum absolute atomic E-state index is 12.9. The summed E-state index contributed by atoms with van der Waals surface area (Å²) in [5, 5.41) is 0. The summed E-state index contributed by atoms with van der Waals surface area (Å²) in [7, 11) is 0. The minimum absolute atomic E-state index is 0.197. The maximum Gasteiger partial charge on any atom is 0.233 e. The monoisotopic (exact) mass is 363 g/mol. The SMILES string of the molecule is Cc1cc(C(=O)CN2C(=O)[C@H]3CC=CC[C@H]3C2=O)c(C)n1-c1ccccn1. The number of likely N-dealkylation sites (tertiary alicyclic amines) is 1. The van der Waals surface area contributed by atoms with Gasteiger partial charge < -0.3 is 4.57 Å². The molecule has 0 bridgehead atoms. The van der Waals surface area contributed by atoms with Crippen molar-refractivity contribution >= 4 is 17.6 Å². The summed E-state index contributed by atoms with van der Waals surface area (Å²) in [6, 6.07) is 7.40. The van der Waals surface area contributed by atoms with Gasteiger partial charge in [-0.05, 0) is 44.9 Å². The van der Waals surface area contributed by atoms with Crippen LogP contribution < -0.4 is 0 Å². The lowest BCUT2D eigenvalue weighted by Crippen LogP contribution is -2.36. The van der Waals surface area contributed by atoms with Crippen molar-refractivity contribution in [2.24, 2.45) is 11.8 Å². The molecular weight excluding hydrogens is 342 g/mol. The first kappa shape index (κ1) is 17.4. The average Bonchev–Trinajstić information content (AvgIpc) is 3.11. The first-order valence-electron chi connectivity index (χ1n) is 9.13. The molecule has 2 atom stereocenters. The Labute approximate surface area is 157 Å². The number of rotatable bonds is 4. The van der Waals surface area contributed by atoms with E-state index in [-0.39, 0.29) is 36.0 Å². The molecule has 1 fully saturated rings. The lowest BCUT2D eigenvalue weighted by Gasteiger charge is -2.14. The van der Waals surface area contributed by atoms with Crippen molar-refractivity contribution in [2.75, 3.05) is 6.54 Å². The second-order valence-electron chi connectivity index (χ2n) is 7.15. The molecule has 1 saturated heterocycles. The van der Waals surface area contributed by atoms with Crippen molar-refractivity contribution < 1.29 is 14.4 Å². The fraction of sp³-hybridized carbons (Fsp3) is 0.333. The molecule has 2 aromatic heterocycles. The lowest BCUT2D eigenvalue weighted by atomic mass is 9.85. The van der Waals surface area contributed by atoms with Crippen LogP contribution in [-0.2, 0) is 9.59 Å². The number of ketones is 1. The van der Waals surface area contributed by atoms with E-state index in [0.29, 0.717) is 18.4 Å². The molecule has 2 amide bonds. The molecule has 2 aliphatic rings. The number of amides is 2. The number of aromatic nitrogens is 2. The largest absolute Gasteiger partial charge is 0.302 e. The Kier molecular flexibility index (Phi) is 4.26. The molecule has 0 aromatic carbocycles. The number of hydrogen-bond acceptors (Lipinski definition) is 4. The van der Waals surface area contributed by atoms with Gasteiger partial charge in [0.2, 0.25) is 11.8 Å². The minimum Gasteiger partial charge on any atom is -0.302 e. The maximum atomic E-state index is 12.9. The molecular formula is C21H21N3O3. The van der Waals surface area contributed by atoms with Gasteiger partial charge in [-0.2, -0.15) is 0 Å². The van der Waals surface area contributed by atoms with Gasteiger partial charge >= 0.3 is 0 Å². The summed E-state index contributed by atoms with van der Waals surface area (Å²) >= 11 is 0. The van der Waals surface area contributed by atoms with Gasteiger partial charge in [0, 0.05) is 23.1 Å². The number of aryl methyl sites for hydroxylation is 1. The van der Waals surface area contributed by atoms with Crippen LogP contribution in [0.3, 0.4) is 0 Å². The number of imide groups is 1. The van der Waals surface area contributed by atoms with E-state index >= 15 is 0 Å². The van der Waals surface area contributed by atoms with Crippen LogP contribution in [0.1, 0.15) is 34.6 Å². The normalized spacial score (nSPS) is 21.6. The van der Waals surface area contributed by atoms with E-state index in [0.717, 1.165) is 22.1 Å². The van der Waals surface area contributed by atoms with E-state index in [2.05, 4.69) is 4.98 Å². The van der Waals surface area contributed by atoms with Crippen molar-refractivity contribution in [3.63, 3.8) is 0 Å². The highest BCUT2D eigenvalue weighted by Crippen LogP contribution is 2.35. The van der Waals surface area contributed by atoms with Gasteiger partial charge in [-0.1, -0.05) is 18.2 Å². The molecule has 27 heavy (non-hydrogen) atoms. The molecule has 6 nitrogen and oxygen atoms in total. The molecule has 1 aliphatic heterocycles. The zero-order valence-corrected chi connectivity index (χ0v) is 15.4. The number of hydrogen-bond donors (Lipinski definition) is 0. The third-order valence-electron chi connectivity index (χ3n) is 5.51. The van der Waals surface area contributed by atoms with Crippen molar-refractivity contribution in [1.29, 1.82) is 0 Å². The van der Waals surface area contributed by atoms with E-state index in [1.54, 1.807) is 12.3 Å². The quantitative estimate of drug-likeness (QED) is 0.476. The Bertz CT molecular complexity index is 933. The summed E-state index contributed by atoms with van der Waals surface area (Å²) in [6.07, 6.45) is 6.74. The van der Waals surface area contributed by atoms with Crippen LogP contribution in [0, 0.1) is 25.7 Å². The molecule has 3 heterocycles. The number of Topliss-reactive ketones (excluding diaryl/α,β-unsaturated/α-hetero) is 1. The van der Waals surface area contributed by atoms with Crippen molar-refractivity contribution in [1.82, 2.24) is 14.5 Å². The van der Waals surface area contributed by atoms with Crippen LogP contribution >= 0.6 is 0 Å². The molecule has 4 rings (SSSR count). The van der Waals surface area contributed by atoms with Crippen LogP contribution in [0.4, 0.5) is 0 Å². The van der Waals surface area contributed by atoms with Crippen LogP contribution in [-0.4, -0.2) is 38.6 Å². The molecule has 2 aromatic rings. The predicted molar refractivity (Wildman–Crippen MR) is 99.4 cm³/mol. The second-order valence-corrected chi connectivity index (χ2v) is 7.15. The van der Waals surface area contributed by atoms with Gasteiger partial charge in [-0.3, -0.25) is 19.3 Å². The molecule has 1 aliphatic carbocycles. The Hall–Kier alpha value is -3.02. The molecule has 0 saturated carbocycles. The van der Waals surface area contributed by atoms with Crippen LogP contribution in [0.5, 0.6) is 0 Å². The zero-order valence-electron chi connectivity index (χ0n) is 15.4. The standard InChI is InChI=1S/C21H21N3O3/c1-13-11-17(14(2)24(13)19-9-5-6-10-22-19)18(25)12-23-20(26)15-7-3-4-8-16(15)21(23)27/h3-6,9-11,15-16H,7-8,12H2,1-2H3/t15-,16+. The van der Waals surface area contributed by atoms with Gasteiger partial charge in [0.05, 0.1) is 18.4 Å². The van der Waals surface area contributed by atoms with Gasteiger partial charge in [-0.25, -0.2) is 4.98 Å². The summed E-state index contributed by atoms with van der Waals surface area (Å²) in [4.78, 5) is 43.6. The van der Waals surface area contributed by atoms with Gasteiger partial charge in [0.25, 0.3) is 0 Å². The highest BCUT2D eigenvalue weighted by atomic mass is 16.2. The summed E-state index contributed by atoms with van der Waals surface area (Å²) in [5.74, 6) is -0.550. The topological polar surface area (TPSA) is 72.3 Å². The van der Waals surface area contributed by atoms with Crippen LogP contribution in [0.2, 0.25) is 0 Å². The number of nitrogens with zero attached hydrogens (tertiary/aromatic N) is 3. The third kappa shape index (κ3) is 2.81. The molecule has 0 spiro atoms. The third-order valence-corrected chi connectivity index (χ3v) is 5.51. The number of fused-ring (bicyclic) bond motifs is 1. The van der Waals surface area contributed by atoms with E-state index in [1.165, 1.54) is 0 Å². The van der Waals surface area contributed by atoms with Gasteiger partial charge in [0.15, 0.2) is 5.78 Å². The number of carbonyl (C=O) groups excluding carboxylic acids is 3. The van der Waals surface area contributed by atoms with E-state index in [4.69, 9.17) is 0 Å². The number of carbonyl (C=O) groups is 3. The minimum atomic E-state index is -0.309.